The van der Waals surface area contributed by atoms with Gasteiger partial charge in [0.25, 0.3) is 0 Å². The number of tetrazole rings is 1. The smallest absolute Gasteiger partial charge is 0.236 e. The third-order valence-electron chi connectivity index (χ3n) is 2.57. The van der Waals surface area contributed by atoms with Gasteiger partial charge in [-0.3, -0.25) is 4.79 Å². The molecule has 22 heavy (non-hydrogen) atoms. The normalized spacial score (nSPS) is 10.6. The molecule has 11 heteroatoms. The highest BCUT2D eigenvalue weighted by molar-refractivity contribution is 7.99. The van der Waals surface area contributed by atoms with E-state index in [4.69, 9.17) is 0 Å². The summed E-state index contributed by atoms with van der Waals surface area (Å²) in [6.07, 6.45) is 4.77. The molecule has 0 fully saturated rings. The van der Waals surface area contributed by atoms with Crippen molar-refractivity contribution in [3.63, 3.8) is 0 Å². The average Bonchev–Trinajstić information content (AvgIpc) is 3.17. The van der Waals surface area contributed by atoms with Gasteiger partial charge in [-0.05, 0) is 16.5 Å². The zero-order chi connectivity index (χ0) is 15.4. The van der Waals surface area contributed by atoms with E-state index in [0.717, 1.165) is 0 Å². The summed E-state index contributed by atoms with van der Waals surface area (Å²) in [6.45, 7) is 0. The second kappa shape index (κ2) is 6.30. The van der Waals surface area contributed by atoms with Gasteiger partial charge in [0.1, 0.15) is 12.1 Å². The van der Waals surface area contributed by atoms with Crippen LogP contribution in [0.5, 0.6) is 0 Å². The van der Waals surface area contributed by atoms with Crippen LogP contribution in [-0.4, -0.2) is 51.6 Å². The predicted molar refractivity (Wildman–Crippen MR) is 77.3 cm³/mol. The third-order valence-corrected chi connectivity index (χ3v) is 3.58. The summed E-state index contributed by atoms with van der Waals surface area (Å²) in [5.74, 6) is 0.941. The molecule has 0 aliphatic rings. The summed E-state index contributed by atoms with van der Waals surface area (Å²) in [5.41, 5.74) is 0. The Morgan fingerprint density at radius 1 is 1.41 bits per heavy atom. The summed E-state index contributed by atoms with van der Waals surface area (Å²) in [4.78, 5) is 20.0. The summed E-state index contributed by atoms with van der Waals surface area (Å²) >= 11 is 1.24. The molecule has 0 spiro atoms. The van der Waals surface area contributed by atoms with Gasteiger partial charge in [-0.2, -0.15) is 5.10 Å². The van der Waals surface area contributed by atoms with Crippen LogP contribution in [0.3, 0.4) is 0 Å². The van der Waals surface area contributed by atoms with Crippen molar-refractivity contribution in [2.75, 3.05) is 11.1 Å². The second-order valence-corrected chi connectivity index (χ2v) is 5.08. The zero-order valence-electron chi connectivity index (χ0n) is 11.5. The molecule has 1 N–H and O–H groups in total. The van der Waals surface area contributed by atoms with E-state index in [0.29, 0.717) is 16.8 Å². The SMILES string of the molecule is Cn1nnnc1SCC(=O)Nc1cc(-n2cccn2)ncn1. The second-order valence-electron chi connectivity index (χ2n) is 4.13. The van der Waals surface area contributed by atoms with E-state index >= 15 is 0 Å². The molecule has 0 radical (unpaired) electrons. The lowest BCUT2D eigenvalue weighted by molar-refractivity contribution is -0.113. The molecule has 0 saturated carbocycles. The predicted octanol–water partition coefficient (Wildman–Crippen LogP) is -0.0834. The molecule has 1 amide bonds. The molecule has 3 aromatic rings. The summed E-state index contributed by atoms with van der Waals surface area (Å²) in [7, 11) is 1.71. The van der Waals surface area contributed by atoms with Gasteiger partial charge < -0.3 is 5.32 Å². The van der Waals surface area contributed by atoms with E-state index in [2.05, 4.69) is 35.9 Å². The maximum atomic E-state index is 11.9. The van der Waals surface area contributed by atoms with Crippen LogP contribution in [0.15, 0.2) is 36.0 Å². The topological polar surface area (TPSA) is 116 Å². The van der Waals surface area contributed by atoms with E-state index in [1.54, 1.807) is 36.3 Å². The molecular formula is C11H11N9OS. The lowest BCUT2D eigenvalue weighted by atomic mass is 10.5. The molecule has 0 bridgehead atoms. The van der Waals surface area contributed by atoms with Crippen LogP contribution in [0.2, 0.25) is 0 Å². The molecule has 10 nitrogen and oxygen atoms in total. The fourth-order valence-corrected chi connectivity index (χ4v) is 2.25. The van der Waals surface area contributed by atoms with E-state index in [1.807, 2.05) is 0 Å². The largest absolute Gasteiger partial charge is 0.310 e. The number of nitrogens with zero attached hydrogens (tertiary/aromatic N) is 8. The number of carbonyl (C=O) groups is 1. The van der Waals surface area contributed by atoms with Crippen molar-refractivity contribution in [2.24, 2.45) is 7.05 Å². The lowest BCUT2D eigenvalue weighted by Crippen LogP contribution is -2.16. The Kier molecular flexibility index (Phi) is 4.05. The summed E-state index contributed by atoms with van der Waals surface area (Å²) in [6, 6.07) is 3.42. The van der Waals surface area contributed by atoms with Crippen LogP contribution < -0.4 is 5.32 Å². The Morgan fingerprint density at radius 2 is 2.32 bits per heavy atom. The van der Waals surface area contributed by atoms with Crippen molar-refractivity contribution >= 4 is 23.5 Å². The Balaban J connectivity index is 1.62. The van der Waals surface area contributed by atoms with Crippen molar-refractivity contribution in [3.05, 3.63) is 30.9 Å². The molecule has 0 unspecified atom stereocenters. The molecule has 0 aliphatic carbocycles. The number of aromatic nitrogens is 8. The Hall–Kier alpha value is -2.82. The lowest BCUT2D eigenvalue weighted by Gasteiger charge is -2.05. The Morgan fingerprint density at radius 3 is 3.05 bits per heavy atom. The van der Waals surface area contributed by atoms with Crippen LogP contribution >= 0.6 is 11.8 Å². The van der Waals surface area contributed by atoms with Gasteiger partial charge in [-0.15, -0.1) is 5.10 Å². The van der Waals surface area contributed by atoms with Crippen molar-refractivity contribution in [1.29, 1.82) is 0 Å². The zero-order valence-corrected chi connectivity index (χ0v) is 12.3. The highest BCUT2D eigenvalue weighted by Gasteiger charge is 2.09. The molecule has 3 rings (SSSR count). The minimum Gasteiger partial charge on any atom is -0.310 e. The number of hydrogen-bond acceptors (Lipinski definition) is 8. The number of amides is 1. The first-order chi connectivity index (χ1) is 10.7. The Bertz CT molecular complexity index is 769. The van der Waals surface area contributed by atoms with Gasteiger partial charge in [0.2, 0.25) is 11.1 Å². The minimum atomic E-state index is -0.210. The van der Waals surface area contributed by atoms with Gasteiger partial charge >= 0.3 is 0 Å². The van der Waals surface area contributed by atoms with Gasteiger partial charge in [0, 0.05) is 25.5 Å². The standard InChI is InChI=1S/C11H11N9OS/c1-19-11(16-17-18-19)22-6-10(21)15-8-5-9(13-7-12-8)20-4-2-3-14-20/h2-5,7H,6H2,1H3,(H,12,13,15,21). The van der Waals surface area contributed by atoms with Crippen molar-refractivity contribution in [3.8, 4) is 5.82 Å². The van der Waals surface area contributed by atoms with Crippen LogP contribution in [0.1, 0.15) is 0 Å². The number of nitrogens with one attached hydrogen (secondary N) is 1. The van der Waals surface area contributed by atoms with Gasteiger partial charge in [-0.1, -0.05) is 11.8 Å². The number of rotatable bonds is 5. The fourth-order valence-electron chi connectivity index (χ4n) is 1.60. The molecule has 0 saturated heterocycles. The monoisotopic (exact) mass is 317 g/mol. The maximum Gasteiger partial charge on any atom is 0.236 e. The van der Waals surface area contributed by atoms with Crippen molar-refractivity contribution in [2.45, 2.75) is 5.16 Å². The van der Waals surface area contributed by atoms with E-state index in [9.17, 15) is 4.79 Å². The Labute approximate surface area is 129 Å². The first-order valence-corrected chi connectivity index (χ1v) is 7.18. The maximum absolute atomic E-state index is 11.9. The molecule has 112 valence electrons. The molecular weight excluding hydrogens is 306 g/mol. The molecule has 0 atom stereocenters. The van der Waals surface area contributed by atoms with Crippen molar-refractivity contribution in [1.82, 2.24) is 40.0 Å². The molecule has 0 aliphatic heterocycles. The fraction of sp³-hybridized carbons (Fsp3) is 0.182. The van der Waals surface area contributed by atoms with Gasteiger partial charge in [0.15, 0.2) is 5.82 Å². The first kappa shape index (κ1) is 14.1. The highest BCUT2D eigenvalue weighted by Crippen LogP contribution is 2.13. The number of hydrogen-bond donors (Lipinski definition) is 1. The number of aryl methyl sites for hydroxylation is 1. The number of thioether (sulfide) groups is 1. The van der Waals surface area contributed by atoms with Crippen LogP contribution in [-0.2, 0) is 11.8 Å². The van der Waals surface area contributed by atoms with Crippen LogP contribution in [0.25, 0.3) is 5.82 Å². The van der Waals surface area contributed by atoms with E-state index in [-0.39, 0.29) is 11.7 Å². The molecule has 3 aromatic heterocycles. The minimum absolute atomic E-state index is 0.176. The van der Waals surface area contributed by atoms with E-state index < -0.39 is 0 Å². The molecule has 0 aromatic carbocycles. The van der Waals surface area contributed by atoms with Crippen LogP contribution in [0.4, 0.5) is 5.82 Å². The van der Waals surface area contributed by atoms with Crippen LogP contribution in [0, 0.1) is 0 Å². The van der Waals surface area contributed by atoms with E-state index in [1.165, 1.54) is 22.8 Å². The summed E-state index contributed by atoms with van der Waals surface area (Å²) in [5, 5.41) is 18.3. The highest BCUT2D eigenvalue weighted by atomic mass is 32.2. The third kappa shape index (κ3) is 3.25. The quantitative estimate of drug-likeness (QED) is 0.649. The van der Waals surface area contributed by atoms with Gasteiger partial charge in [0.05, 0.1) is 5.75 Å². The van der Waals surface area contributed by atoms with Crippen molar-refractivity contribution < 1.29 is 4.79 Å². The number of anilines is 1. The first-order valence-electron chi connectivity index (χ1n) is 6.19. The van der Waals surface area contributed by atoms with Gasteiger partial charge in [-0.25, -0.2) is 19.3 Å². The average molecular weight is 317 g/mol. The number of carbonyl (C=O) groups excluding carboxylic acids is 1. The summed E-state index contributed by atoms with van der Waals surface area (Å²) < 4.78 is 3.08. The molecule has 3 heterocycles.